The molecule has 2 heterocycles. The van der Waals surface area contributed by atoms with E-state index in [1.165, 1.54) is 32.4 Å². The number of nitrogens with zero attached hydrogens (tertiary/aromatic N) is 3. The van der Waals surface area contributed by atoms with Crippen LogP contribution in [0.15, 0.2) is 12.3 Å². The second kappa shape index (κ2) is 6.39. The topological polar surface area (TPSA) is 50.3 Å². The van der Waals surface area contributed by atoms with Gasteiger partial charge in [0, 0.05) is 25.9 Å². The molecule has 0 saturated carbocycles. The minimum absolute atomic E-state index is 0.598. The van der Waals surface area contributed by atoms with E-state index in [0.29, 0.717) is 18.4 Å². The van der Waals surface area contributed by atoms with E-state index in [9.17, 15) is 0 Å². The minimum Gasteiger partial charge on any atom is -0.476 e. The molecule has 0 radical (unpaired) electrons. The van der Waals surface area contributed by atoms with E-state index in [4.69, 9.17) is 4.74 Å². The van der Waals surface area contributed by atoms with Gasteiger partial charge in [0.1, 0.15) is 6.61 Å². The van der Waals surface area contributed by atoms with E-state index in [1.807, 2.05) is 0 Å². The summed E-state index contributed by atoms with van der Waals surface area (Å²) in [7, 11) is 1.80. The van der Waals surface area contributed by atoms with E-state index < -0.39 is 0 Å². The second-order valence-electron chi connectivity index (χ2n) is 4.22. The summed E-state index contributed by atoms with van der Waals surface area (Å²) >= 11 is 0. The number of hydrogen-bond donors (Lipinski definition) is 1. The quantitative estimate of drug-likeness (QED) is 0.837. The van der Waals surface area contributed by atoms with Crippen molar-refractivity contribution in [1.29, 1.82) is 0 Å². The number of ether oxygens (including phenoxy) is 1. The van der Waals surface area contributed by atoms with Crippen molar-refractivity contribution >= 4 is 5.95 Å². The fourth-order valence-electron chi connectivity index (χ4n) is 2.01. The Morgan fingerprint density at radius 3 is 2.94 bits per heavy atom. The number of likely N-dealkylation sites (tertiary alicyclic amines) is 1. The second-order valence-corrected chi connectivity index (χ2v) is 4.22. The van der Waals surface area contributed by atoms with Gasteiger partial charge in [0.05, 0.1) is 0 Å². The molecule has 94 valence electrons. The molecular weight excluding hydrogens is 216 g/mol. The van der Waals surface area contributed by atoms with Crippen molar-refractivity contribution in [2.45, 2.75) is 19.3 Å². The van der Waals surface area contributed by atoms with Crippen LogP contribution in [-0.4, -0.2) is 48.2 Å². The molecule has 1 fully saturated rings. The highest BCUT2D eigenvalue weighted by Crippen LogP contribution is 2.10. The van der Waals surface area contributed by atoms with E-state index in [0.717, 1.165) is 6.54 Å². The van der Waals surface area contributed by atoms with Crippen LogP contribution in [-0.2, 0) is 0 Å². The zero-order valence-electron chi connectivity index (χ0n) is 10.4. The Kier molecular flexibility index (Phi) is 4.55. The molecule has 1 aliphatic rings. The first-order valence-corrected chi connectivity index (χ1v) is 6.24. The van der Waals surface area contributed by atoms with Gasteiger partial charge in [-0.1, -0.05) is 6.42 Å². The van der Waals surface area contributed by atoms with Crippen molar-refractivity contribution in [3.63, 3.8) is 0 Å². The maximum Gasteiger partial charge on any atom is 0.225 e. The molecule has 2 rings (SSSR count). The van der Waals surface area contributed by atoms with Gasteiger partial charge in [-0.25, -0.2) is 4.98 Å². The molecule has 1 aliphatic heterocycles. The molecule has 0 bridgehead atoms. The van der Waals surface area contributed by atoms with E-state index in [1.54, 1.807) is 19.3 Å². The summed E-state index contributed by atoms with van der Waals surface area (Å²) < 4.78 is 5.62. The van der Waals surface area contributed by atoms with Crippen LogP contribution in [0.25, 0.3) is 0 Å². The number of rotatable bonds is 5. The molecule has 17 heavy (non-hydrogen) atoms. The average molecular weight is 236 g/mol. The molecule has 1 N–H and O–H groups in total. The van der Waals surface area contributed by atoms with Crippen molar-refractivity contribution in [2.75, 3.05) is 38.6 Å². The van der Waals surface area contributed by atoms with Crippen LogP contribution in [0.2, 0.25) is 0 Å². The van der Waals surface area contributed by atoms with E-state index in [2.05, 4.69) is 20.2 Å². The number of nitrogens with one attached hydrogen (secondary N) is 1. The lowest BCUT2D eigenvalue weighted by molar-refractivity contribution is 0.180. The molecule has 0 atom stereocenters. The minimum atomic E-state index is 0.598. The Morgan fingerprint density at radius 1 is 1.35 bits per heavy atom. The molecule has 0 unspecified atom stereocenters. The summed E-state index contributed by atoms with van der Waals surface area (Å²) in [5, 5.41) is 2.89. The van der Waals surface area contributed by atoms with Gasteiger partial charge >= 0.3 is 0 Å². The summed E-state index contributed by atoms with van der Waals surface area (Å²) in [5.41, 5.74) is 0. The molecule has 5 nitrogen and oxygen atoms in total. The Morgan fingerprint density at radius 2 is 2.18 bits per heavy atom. The maximum absolute atomic E-state index is 5.62. The van der Waals surface area contributed by atoms with Gasteiger partial charge in [0.25, 0.3) is 0 Å². The highest BCUT2D eigenvalue weighted by Gasteiger charge is 2.09. The summed E-state index contributed by atoms with van der Waals surface area (Å²) in [6.45, 7) is 4.09. The van der Waals surface area contributed by atoms with Crippen molar-refractivity contribution < 1.29 is 4.74 Å². The van der Waals surface area contributed by atoms with Gasteiger partial charge in [-0.3, -0.25) is 4.90 Å². The maximum atomic E-state index is 5.62. The molecule has 1 saturated heterocycles. The summed E-state index contributed by atoms with van der Waals surface area (Å²) in [6.07, 6.45) is 5.71. The highest BCUT2D eigenvalue weighted by molar-refractivity contribution is 5.25. The molecule has 1 aromatic heterocycles. The van der Waals surface area contributed by atoms with Crippen molar-refractivity contribution in [3.8, 4) is 5.88 Å². The van der Waals surface area contributed by atoms with Gasteiger partial charge in [-0.05, 0) is 25.9 Å². The molecule has 1 aromatic rings. The van der Waals surface area contributed by atoms with Gasteiger partial charge in [-0.15, -0.1) is 0 Å². The van der Waals surface area contributed by atoms with Gasteiger partial charge < -0.3 is 10.1 Å². The number of piperidine rings is 1. The first-order chi connectivity index (χ1) is 8.38. The number of aromatic nitrogens is 2. The van der Waals surface area contributed by atoms with Crippen LogP contribution in [0.1, 0.15) is 19.3 Å². The Bertz CT molecular complexity index is 339. The van der Waals surface area contributed by atoms with Crippen molar-refractivity contribution in [1.82, 2.24) is 14.9 Å². The van der Waals surface area contributed by atoms with Gasteiger partial charge in [-0.2, -0.15) is 4.98 Å². The summed E-state index contributed by atoms with van der Waals surface area (Å²) in [6, 6.07) is 1.79. The Labute approximate surface area is 102 Å². The van der Waals surface area contributed by atoms with Crippen LogP contribution in [0.5, 0.6) is 5.88 Å². The van der Waals surface area contributed by atoms with E-state index >= 15 is 0 Å². The summed E-state index contributed by atoms with van der Waals surface area (Å²) in [4.78, 5) is 10.7. The summed E-state index contributed by atoms with van der Waals surface area (Å²) in [5.74, 6) is 1.24. The predicted octanol–water partition coefficient (Wildman–Crippen LogP) is 1.38. The third-order valence-corrected chi connectivity index (χ3v) is 2.96. The first kappa shape index (κ1) is 12.1. The largest absolute Gasteiger partial charge is 0.476 e. The standard InChI is InChI=1S/C12H20N4O/c1-13-12-14-6-5-11(15-12)17-10-9-16-7-3-2-4-8-16/h5-6H,2-4,7-10H2,1H3,(H,13,14,15). The number of anilines is 1. The molecule has 0 aliphatic carbocycles. The highest BCUT2D eigenvalue weighted by atomic mass is 16.5. The molecule has 5 heteroatoms. The predicted molar refractivity (Wildman–Crippen MR) is 67.4 cm³/mol. The Balaban J connectivity index is 1.73. The lowest BCUT2D eigenvalue weighted by atomic mass is 10.1. The number of hydrogen-bond acceptors (Lipinski definition) is 5. The zero-order chi connectivity index (χ0) is 11.9. The molecule has 0 spiro atoms. The monoisotopic (exact) mass is 236 g/mol. The molecular formula is C12H20N4O. The van der Waals surface area contributed by atoms with Crippen molar-refractivity contribution in [3.05, 3.63) is 12.3 Å². The lowest BCUT2D eigenvalue weighted by Crippen LogP contribution is -2.33. The Hall–Kier alpha value is -1.36. The van der Waals surface area contributed by atoms with Crippen LogP contribution >= 0.6 is 0 Å². The molecule has 0 aromatic carbocycles. The smallest absolute Gasteiger partial charge is 0.225 e. The first-order valence-electron chi connectivity index (χ1n) is 6.24. The van der Waals surface area contributed by atoms with Gasteiger partial charge in [0.15, 0.2) is 0 Å². The van der Waals surface area contributed by atoms with E-state index in [-0.39, 0.29) is 0 Å². The lowest BCUT2D eigenvalue weighted by Gasteiger charge is -2.25. The van der Waals surface area contributed by atoms with Crippen molar-refractivity contribution in [2.24, 2.45) is 0 Å². The third kappa shape index (κ3) is 3.85. The van der Waals surface area contributed by atoms with Crippen LogP contribution < -0.4 is 10.1 Å². The normalized spacial score (nSPS) is 16.8. The third-order valence-electron chi connectivity index (χ3n) is 2.96. The van der Waals surface area contributed by atoms with Crippen LogP contribution in [0, 0.1) is 0 Å². The average Bonchev–Trinajstić information content (AvgIpc) is 2.40. The van der Waals surface area contributed by atoms with Crippen LogP contribution in [0.3, 0.4) is 0 Å². The van der Waals surface area contributed by atoms with Gasteiger partial charge in [0.2, 0.25) is 11.8 Å². The fraction of sp³-hybridized carbons (Fsp3) is 0.667. The zero-order valence-corrected chi connectivity index (χ0v) is 10.4. The molecule has 0 amide bonds. The fourth-order valence-corrected chi connectivity index (χ4v) is 2.01. The SMILES string of the molecule is CNc1nccc(OCCN2CCCCC2)n1. The van der Waals surface area contributed by atoms with Crippen LogP contribution in [0.4, 0.5) is 5.95 Å².